The molecule has 1 N–H and O–H groups in total. The molecule has 4 nitrogen and oxygen atoms in total. The van der Waals surface area contributed by atoms with Gasteiger partial charge in [-0.3, -0.25) is 14.5 Å². The second kappa shape index (κ2) is 15.1. The number of ketones is 2. The normalized spacial score (nSPS) is 15.4. The highest BCUT2D eigenvalue weighted by Gasteiger charge is 2.24. The van der Waals surface area contributed by atoms with E-state index in [-0.39, 0.29) is 23.9 Å². The Bertz CT molecular complexity index is 485. The number of Topliss-reactive ketones (excluding diaryl/α,β-unsaturated/α-hetero) is 2. The zero-order chi connectivity index (χ0) is 23.4. The van der Waals surface area contributed by atoms with Crippen molar-refractivity contribution in [2.45, 2.75) is 119 Å². The Morgan fingerprint density at radius 1 is 0.733 bits per heavy atom. The van der Waals surface area contributed by atoms with Gasteiger partial charge in [-0.15, -0.1) is 0 Å². The van der Waals surface area contributed by atoms with Gasteiger partial charge in [0.15, 0.2) is 5.78 Å². The Labute approximate surface area is 187 Å². The van der Waals surface area contributed by atoms with Crippen molar-refractivity contribution in [1.82, 2.24) is 10.2 Å². The van der Waals surface area contributed by atoms with Crippen molar-refractivity contribution in [3.05, 3.63) is 0 Å². The molecule has 0 aliphatic heterocycles. The Hall–Kier alpha value is -0.740. The largest absolute Gasteiger partial charge is 0.305 e. The zero-order valence-corrected chi connectivity index (χ0v) is 21.8. The van der Waals surface area contributed by atoms with Gasteiger partial charge < -0.3 is 5.32 Å². The predicted molar refractivity (Wildman–Crippen MR) is 130 cm³/mol. The van der Waals surface area contributed by atoms with Crippen LogP contribution in [-0.2, 0) is 9.59 Å². The number of nitrogens with one attached hydrogen (secondary N) is 1. The molecule has 0 heterocycles. The van der Waals surface area contributed by atoms with Crippen molar-refractivity contribution in [1.29, 1.82) is 0 Å². The molecule has 0 radical (unpaired) electrons. The summed E-state index contributed by atoms with van der Waals surface area (Å²) in [7, 11) is 0. The van der Waals surface area contributed by atoms with Gasteiger partial charge in [0, 0.05) is 23.9 Å². The second-order valence-electron chi connectivity index (χ2n) is 10.8. The highest BCUT2D eigenvalue weighted by Crippen LogP contribution is 2.16. The Balaban J connectivity index is 4.64. The van der Waals surface area contributed by atoms with E-state index in [2.05, 4.69) is 65.6 Å². The average Bonchev–Trinajstić information content (AvgIpc) is 2.64. The van der Waals surface area contributed by atoms with Crippen molar-refractivity contribution in [2.75, 3.05) is 13.1 Å². The summed E-state index contributed by atoms with van der Waals surface area (Å²) in [5, 5.41) is 3.57. The third-order valence-electron chi connectivity index (χ3n) is 6.10. The molecule has 0 fully saturated rings. The van der Waals surface area contributed by atoms with Crippen LogP contribution in [0.5, 0.6) is 0 Å². The monoisotopic (exact) mass is 424 g/mol. The van der Waals surface area contributed by atoms with Crippen LogP contribution in [0.25, 0.3) is 0 Å². The molecule has 0 aromatic rings. The summed E-state index contributed by atoms with van der Waals surface area (Å²) in [5.41, 5.74) is 0. The predicted octanol–water partition coefficient (Wildman–Crippen LogP) is 5.74. The van der Waals surface area contributed by atoms with E-state index >= 15 is 0 Å². The molecule has 0 unspecified atom stereocenters. The molecule has 178 valence electrons. The van der Waals surface area contributed by atoms with Gasteiger partial charge in [-0.25, -0.2) is 0 Å². The molecule has 4 heteroatoms. The summed E-state index contributed by atoms with van der Waals surface area (Å²) in [6.45, 7) is 22.9. The first-order chi connectivity index (χ1) is 13.8. The summed E-state index contributed by atoms with van der Waals surface area (Å²) < 4.78 is 0. The van der Waals surface area contributed by atoms with Crippen LogP contribution in [0, 0.1) is 23.7 Å². The molecule has 0 rings (SSSR count). The number of hydrogen-bond donors (Lipinski definition) is 1. The van der Waals surface area contributed by atoms with E-state index in [1.807, 2.05) is 13.8 Å². The van der Waals surface area contributed by atoms with Gasteiger partial charge >= 0.3 is 0 Å². The molecule has 0 aliphatic carbocycles. The Kier molecular flexibility index (Phi) is 14.8. The lowest BCUT2D eigenvalue weighted by atomic mass is 9.93. The lowest BCUT2D eigenvalue weighted by molar-refractivity contribution is -0.125. The molecule has 0 saturated carbocycles. The maximum atomic E-state index is 12.8. The van der Waals surface area contributed by atoms with Crippen LogP contribution in [0.4, 0.5) is 0 Å². The number of rotatable bonds is 17. The van der Waals surface area contributed by atoms with Gasteiger partial charge in [0.2, 0.25) is 0 Å². The van der Waals surface area contributed by atoms with Crippen LogP contribution in [0.3, 0.4) is 0 Å². The molecule has 0 bridgehead atoms. The minimum Gasteiger partial charge on any atom is -0.305 e. The molecular weight excluding hydrogens is 372 g/mol. The topological polar surface area (TPSA) is 49.4 Å². The summed E-state index contributed by atoms with van der Waals surface area (Å²) in [6.07, 6.45) is 4.87. The van der Waals surface area contributed by atoms with E-state index in [1.165, 1.54) is 0 Å². The molecule has 0 aliphatic rings. The van der Waals surface area contributed by atoms with Crippen LogP contribution in [0.1, 0.15) is 101 Å². The van der Waals surface area contributed by atoms with E-state index in [4.69, 9.17) is 0 Å². The van der Waals surface area contributed by atoms with E-state index in [0.717, 1.165) is 38.6 Å². The SMILES string of the molecule is CC(C)CC[C@H](N[C@@H](C)CC[C@H](C)C(=O)CN(CCC(C)C)C(C)C)C(=O)C(C)C. The number of hydrogen-bond acceptors (Lipinski definition) is 4. The van der Waals surface area contributed by atoms with E-state index in [9.17, 15) is 9.59 Å². The summed E-state index contributed by atoms with van der Waals surface area (Å²) in [6, 6.07) is 0.562. The molecule has 0 saturated heterocycles. The third kappa shape index (κ3) is 12.8. The highest BCUT2D eigenvalue weighted by molar-refractivity contribution is 5.85. The standard InChI is InChI=1S/C26H52N2O2/c1-18(2)11-14-24(26(30)20(5)6)27-23(10)13-12-22(9)25(29)17-28(21(7)8)16-15-19(3)4/h18-24,27H,11-17H2,1-10H3/t22-,23-,24-/m0/s1. The number of nitrogens with zero attached hydrogens (tertiary/aromatic N) is 1. The lowest BCUT2D eigenvalue weighted by Crippen LogP contribution is -2.44. The van der Waals surface area contributed by atoms with E-state index < -0.39 is 0 Å². The van der Waals surface area contributed by atoms with E-state index in [1.54, 1.807) is 0 Å². The Morgan fingerprint density at radius 2 is 1.30 bits per heavy atom. The summed E-state index contributed by atoms with van der Waals surface area (Å²) >= 11 is 0. The fourth-order valence-corrected chi connectivity index (χ4v) is 3.60. The summed E-state index contributed by atoms with van der Waals surface area (Å²) in [5.74, 6) is 2.02. The van der Waals surface area contributed by atoms with Crippen molar-refractivity contribution in [3.8, 4) is 0 Å². The smallest absolute Gasteiger partial charge is 0.152 e. The molecule has 0 spiro atoms. The summed E-state index contributed by atoms with van der Waals surface area (Å²) in [4.78, 5) is 27.7. The first kappa shape index (κ1) is 29.3. The van der Waals surface area contributed by atoms with Crippen molar-refractivity contribution in [2.24, 2.45) is 23.7 Å². The van der Waals surface area contributed by atoms with Gasteiger partial charge in [-0.05, 0) is 71.3 Å². The van der Waals surface area contributed by atoms with Crippen LogP contribution in [0.15, 0.2) is 0 Å². The van der Waals surface area contributed by atoms with Crippen molar-refractivity contribution < 1.29 is 9.59 Å². The number of carbonyl (C=O) groups excluding carboxylic acids is 2. The number of carbonyl (C=O) groups is 2. The molecular formula is C26H52N2O2. The van der Waals surface area contributed by atoms with Crippen LogP contribution < -0.4 is 5.32 Å². The highest BCUT2D eigenvalue weighted by atomic mass is 16.1. The Morgan fingerprint density at radius 3 is 1.77 bits per heavy atom. The van der Waals surface area contributed by atoms with Gasteiger partial charge in [-0.1, -0.05) is 48.5 Å². The van der Waals surface area contributed by atoms with Crippen molar-refractivity contribution >= 4 is 11.6 Å². The quantitative estimate of drug-likeness (QED) is 0.324. The van der Waals surface area contributed by atoms with Crippen LogP contribution in [-0.4, -0.2) is 47.7 Å². The van der Waals surface area contributed by atoms with Gasteiger partial charge in [0.25, 0.3) is 0 Å². The van der Waals surface area contributed by atoms with Crippen LogP contribution >= 0.6 is 0 Å². The lowest BCUT2D eigenvalue weighted by Gasteiger charge is -2.28. The molecule has 0 aromatic carbocycles. The first-order valence-electron chi connectivity index (χ1n) is 12.4. The van der Waals surface area contributed by atoms with Gasteiger partial charge in [0.1, 0.15) is 5.78 Å². The molecule has 30 heavy (non-hydrogen) atoms. The molecule has 0 amide bonds. The van der Waals surface area contributed by atoms with Gasteiger partial charge in [0.05, 0.1) is 12.6 Å². The minimum atomic E-state index is -0.0686. The fourth-order valence-electron chi connectivity index (χ4n) is 3.60. The maximum absolute atomic E-state index is 12.8. The van der Waals surface area contributed by atoms with Crippen molar-refractivity contribution in [3.63, 3.8) is 0 Å². The van der Waals surface area contributed by atoms with E-state index in [0.29, 0.717) is 36.0 Å². The molecule has 0 aromatic heterocycles. The fraction of sp³-hybridized carbons (Fsp3) is 0.923. The maximum Gasteiger partial charge on any atom is 0.152 e. The third-order valence-corrected chi connectivity index (χ3v) is 6.10. The molecule has 3 atom stereocenters. The van der Waals surface area contributed by atoms with Gasteiger partial charge in [-0.2, -0.15) is 0 Å². The average molecular weight is 425 g/mol. The zero-order valence-electron chi connectivity index (χ0n) is 21.8. The van der Waals surface area contributed by atoms with Crippen LogP contribution in [0.2, 0.25) is 0 Å². The minimum absolute atomic E-state index is 0.0511. The first-order valence-corrected chi connectivity index (χ1v) is 12.4. The second-order valence-corrected chi connectivity index (χ2v) is 10.8.